The van der Waals surface area contributed by atoms with E-state index in [9.17, 15) is 4.39 Å². The second-order valence-electron chi connectivity index (χ2n) is 3.91. The Bertz CT molecular complexity index is 592. The maximum absolute atomic E-state index is 13.8. The molecule has 0 aliphatic rings. The van der Waals surface area contributed by atoms with E-state index in [4.69, 9.17) is 16.3 Å². The molecule has 0 saturated carbocycles. The fourth-order valence-corrected chi connectivity index (χ4v) is 2.21. The van der Waals surface area contributed by atoms with Crippen molar-refractivity contribution in [2.24, 2.45) is 0 Å². The number of methoxy groups -OCH3 is 1. The van der Waals surface area contributed by atoms with Gasteiger partial charge in [-0.05, 0) is 34.1 Å². The quantitative estimate of drug-likeness (QED) is 0.855. The lowest BCUT2D eigenvalue weighted by Crippen LogP contribution is -2.02. The summed E-state index contributed by atoms with van der Waals surface area (Å²) in [4.78, 5) is 0. The van der Waals surface area contributed by atoms with Crippen molar-refractivity contribution in [3.8, 4) is 5.75 Å². The van der Waals surface area contributed by atoms with Crippen molar-refractivity contribution in [3.63, 3.8) is 0 Å². The van der Waals surface area contributed by atoms with Gasteiger partial charge in [0.25, 0.3) is 0 Å². The molecular weight excluding hydrogens is 333 g/mol. The molecule has 0 fully saturated rings. The summed E-state index contributed by atoms with van der Waals surface area (Å²) in [5.74, 6) is 0.204. The van der Waals surface area contributed by atoms with Gasteiger partial charge >= 0.3 is 0 Å². The Kier molecular flexibility index (Phi) is 4.66. The molecule has 0 amide bonds. The van der Waals surface area contributed by atoms with Gasteiger partial charge in [-0.2, -0.15) is 0 Å². The van der Waals surface area contributed by atoms with Crippen molar-refractivity contribution in [2.45, 2.75) is 6.54 Å². The van der Waals surface area contributed by atoms with Gasteiger partial charge in [-0.15, -0.1) is 0 Å². The molecule has 0 heterocycles. The molecule has 5 heteroatoms. The van der Waals surface area contributed by atoms with Crippen LogP contribution in [0.15, 0.2) is 40.9 Å². The van der Waals surface area contributed by atoms with Gasteiger partial charge in [-0.3, -0.25) is 0 Å². The van der Waals surface area contributed by atoms with Gasteiger partial charge in [0.15, 0.2) is 0 Å². The number of anilines is 1. The van der Waals surface area contributed by atoms with Gasteiger partial charge in [0.05, 0.1) is 22.3 Å². The summed E-state index contributed by atoms with van der Waals surface area (Å²) in [6.45, 7) is 0.370. The number of ether oxygens (including phenoxy) is 1. The van der Waals surface area contributed by atoms with E-state index in [2.05, 4.69) is 21.2 Å². The molecule has 0 unspecified atom stereocenters. The molecule has 1 N–H and O–H groups in total. The molecule has 0 aliphatic carbocycles. The SMILES string of the molecule is COc1ccc(CNc2cccc(Cl)c2Br)c(F)c1. The third-order valence-corrected chi connectivity index (χ3v) is 4.08. The van der Waals surface area contributed by atoms with Crippen LogP contribution < -0.4 is 10.1 Å². The van der Waals surface area contributed by atoms with E-state index in [1.54, 1.807) is 18.2 Å². The van der Waals surface area contributed by atoms with Crippen LogP contribution in [0.5, 0.6) is 5.75 Å². The average Bonchev–Trinajstić information content (AvgIpc) is 2.41. The van der Waals surface area contributed by atoms with Crippen LogP contribution in [0.2, 0.25) is 5.02 Å². The molecule has 0 spiro atoms. The lowest BCUT2D eigenvalue weighted by atomic mass is 10.2. The summed E-state index contributed by atoms with van der Waals surface area (Å²) in [5.41, 5.74) is 1.38. The van der Waals surface area contributed by atoms with Crippen LogP contribution in [0.3, 0.4) is 0 Å². The minimum absolute atomic E-state index is 0.301. The fraction of sp³-hybridized carbons (Fsp3) is 0.143. The van der Waals surface area contributed by atoms with Crippen molar-refractivity contribution >= 4 is 33.2 Å². The second kappa shape index (κ2) is 6.26. The van der Waals surface area contributed by atoms with E-state index < -0.39 is 0 Å². The summed E-state index contributed by atoms with van der Waals surface area (Å²) >= 11 is 9.38. The fourth-order valence-electron chi connectivity index (χ4n) is 1.63. The molecule has 100 valence electrons. The smallest absolute Gasteiger partial charge is 0.131 e. The summed E-state index contributed by atoms with van der Waals surface area (Å²) in [6.07, 6.45) is 0. The number of hydrogen-bond acceptors (Lipinski definition) is 2. The minimum Gasteiger partial charge on any atom is -0.497 e. The standard InChI is InChI=1S/C14H12BrClFNO/c1-19-10-6-5-9(12(17)7-10)8-18-13-4-2-3-11(16)14(13)15/h2-7,18H,8H2,1H3. The van der Waals surface area contributed by atoms with Gasteiger partial charge in [0, 0.05) is 18.2 Å². The molecule has 0 aliphatic heterocycles. The Morgan fingerprint density at radius 3 is 2.79 bits per heavy atom. The summed E-state index contributed by atoms with van der Waals surface area (Å²) in [6, 6.07) is 10.3. The van der Waals surface area contributed by atoms with Crippen molar-refractivity contribution in [2.75, 3.05) is 12.4 Å². The molecule has 2 aromatic carbocycles. The number of hydrogen-bond donors (Lipinski definition) is 1. The molecule has 0 radical (unpaired) electrons. The first-order valence-corrected chi connectivity index (χ1v) is 6.79. The first-order valence-electron chi connectivity index (χ1n) is 5.62. The van der Waals surface area contributed by atoms with E-state index >= 15 is 0 Å². The predicted molar refractivity (Wildman–Crippen MR) is 79.4 cm³/mol. The van der Waals surface area contributed by atoms with Gasteiger partial charge < -0.3 is 10.1 Å². The number of rotatable bonds is 4. The van der Waals surface area contributed by atoms with Crippen LogP contribution in [0.25, 0.3) is 0 Å². The van der Waals surface area contributed by atoms with Crippen LogP contribution in [0, 0.1) is 5.82 Å². The van der Waals surface area contributed by atoms with Crippen molar-refractivity contribution in [1.29, 1.82) is 0 Å². The number of halogens is 3. The molecule has 19 heavy (non-hydrogen) atoms. The lowest BCUT2D eigenvalue weighted by molar-refractivity contribution is 0.411. The third kappa shape index (κ3) is 3.39. The molecule has 2 nitrogen and oxygen atoms in total. The summed E-state index contributed by atoms with van der Waals surface area (Å²) < 4.78 is 19.5. The maximum atomic E-state index is 13.8. The molecule has 2 aromatic rings. The molecule has 0 aromatic heterocycles. The Morgan fingerprint density at radius 2 is 2.11 bits per heavy atom. The Balaban J connectivity index is 2.12. The van der Waals surface area contributed by atoms with Gasteiger partial charge in [0.2, 0.25) is 0 Å². The van der Waals surface area contributed by atoms with Crippen molar-refractivity contribution < 1.29 is 9.13 Å². The monoisotopic (exact) mass is 343 g/mol. The average molecular weight is 345 g/mol. The van der Waals surface area contributed by atoms with E-state index in [1.165, 1.54) is 13.2 Å². The Morgan fingerprint density at radius 1 is 1.32 bits per heavy atom. The van der Waals surface area contributed by atoms with Crippen molar-refractivity contribution in [1.82, 2.24) is 0 Å². The highest BCUT2D eigenvalue weighted by molar-refractivity contribution is 9.10. The minimum atomic E-state index is -0.301. The van der Waals surface area contributed by atoms with Gasteiger partial charge in [-0.25, -0.2) is 4.39 Å². The summed E-state index contributed by atoms with van der Waals surface area (Å²) in [7, 11) is 1.51. The molecular formula is C14H12BrClFNO. The van der Waals surface area contributed by atoms with Crippen LogP contribution >= 0.6 is 27.5 Å². The topological polar surface area (TPSA) is 21.3 Å². The van der Waals surface area contributed by atoms with Crippen LogP contribution in [-0.2, 0) is 6.54 Å². The zero-order valence-corrected chi connectivity index (χ0v) is 12.6. The van der Waals surface area contributed by atoms with Crippen molar-refractivity contribution in [3.05, 3.63) is 57.3 Å². The summed E-state index contributed by atoms with van der Waals surface area (Å²) in [5, 5.41) is 3.75. The second-order valence-corrected chi connectivity index (χ2v) is 5.11. The van der Waals surface area contributed by atoms with Crippen LogP contribution in [0.4, 0.5) is 10.1 Å². The van der Waals surface area contributed by atoms with E-state index in [1.807, 2.05) is 12.1 Å². The van der Waals surface area contributed by atoms with E-state index in [0.29, 0.717) is 22.9 Å². The highest BCUT2D eigenvalue weighted by atomic mass is 79.9. The zero-order chi connectivity index (χ0) is 13.8. The first-order chi connectivity index (χ1) is 9.11. The molecule has 2 rings (SSSR count). The van der Waals surface area contributed by atoms with Crippen LogP contribution in [-0.4, -0.2) is 7.11 Å². The van der Waals surface area contributed by atoms with Gasteiger partial charge in [-0.1, -0.05) is 23.7 Å². The van der Waals surface area contributed by atoms with Gasteiger partial charge in [0.1, 0.15) is 11.6 Å². The Labute approximate surface area is 124 Å². The molecule has 0 bridgehead atoms. The highest BCUT2D eigenvalue weighted by Crippen LogP contribution is 2.30. The highest BCUT2D eigenvalue weighted by Gasteiger charge is 2.06. The normalized spacial score (nSPS) is 10.3. The lowest BCUT2D eigenvalue weighted by Gasteiger charge is -2.11. The van der Waals surface area contributed by atoms with Crippen LogP contribution in [0.1, 0.15) is 5.56 Å². The number of nitrogens with one attached hydrogen (secondary N) is 1. The first kappa shape index (κ1) is 14.2. The predicted octanol–water partition coefficient (Wildman–Crippen LogP) is 4.86. The largest absolute Gasteiger partial charge is 0.497 e. The third-order valence-electron chi connectivity index (χ3n) is 2.68. The van der Waals surface area contributed by atoms with E-state index in [-0.39, 0.29) is 5.82 Å². The molecule has 0 saturated heterocycles. The zero-order valence-electron chi connectivity index (χ0n) is 10.2. The maximum Gasteiger partial charge on any atom is 0.131 e. The Hall–Kier alpha value is -1.26. The number of benzene rings is 2. The van der Waals surface area contributed by atoms with E-state index in [0.717, 1.165) is 10.2 Å². The molecule has 0 atom stereocenters.